The molecule has 2 N–H and O–H groups in total. The normalized spacial score (nSPS) is 19.5. The lowest BCUT2D eigenvalue weighted by Gasteiger charge is -2.32. The third-order valence-corrected chi connectivity index (χ3v) is 11.7. The summed E-state index contributed by atoms with van der Waals surface area (Å²) in [5, 5.41) is 11.7. The maximum absolute atomic E-state index is 15.8. The van der Waals surface area contributed by atoms with Crippen molar-refractivity contribution in [2.75, 3.05) is 27.2 Å². The van der Waals surface area contributed by atoms with Gasteiger partial charge in [0.1, 0.15) is 5.82 Å². The van der Waals surface area contributed by atoms with Crippen LogP contribution in [0.15, 0.2) is 48.7 Å². The Hall–Kier alpha value is -4.19. The van der Waals surface area contributed by atoms with Crippen LogP contribution in [0.2, 0.25) is 0 Å². The molecule has 1 aromatic heterocycles. The highest BCUT2D eigenvalue weighted by atomic mass is 19.3. The van der Waals surface area contributed by atoms with Crippen LogP contribution < -0.4 is 10.1 Å². The molecule has 1 unspecified atom stereocenters. The van der Waals surface area contributed by atoms with Crippen molar-refractivity contribution in [3.05, 3.63) is 71.2 Å². The fraction of sp³-hybridized carbons (Fsp3) is 0.581. The van der Waals surface area contributed by atoms with Crippen LogP contribution in [0.4, 0.5) is 13.2 Å². The van der Waals surface area contributed by atoms with Crippen molar-refractivity contribution in [1.82, 2.24) is 15.2 Å². The molecule has 9 nitrogen and oxygen atoms in total. The number of ether oxygens (including phenoxy) is 1. The van der Waals surface area contributed by atoms with Gasteiger partial charge in [-0.1, -0.05) is 71.1 Å². The predicted octanol–water partition coefficient (Wildman–Crippen LogP) is 7.80. The highest BCUT2D eigenvalue weighted by Crippen LogP contribution is 2.37. The first kappa shape index (κ1) is 43.5. The van der Waals surface area contributed by atoms with E-state index in [9.17, 15) is 19.2 Å². The summed E-state index contributed by atoms with van der Waals surface area (Å²) in [5.41, 5.74) is -0.260. The maximum Gasteiger partial charge on any atom is 0.335 e. The lowest BCUT2D eigenvalue weighted by molar-refractivity contribution is -0.139. The summed E-state index contributed by atoms with van der Waals surface area (Å²) in [4.78, 5) is 58.9. The minimum absolute atomic E-state index is 0.0311. The van der Waals surface area contributed by atoms with Crippen LogP contribution in [-0.4, -0.2) is 72.1 Å². The molecule has 2 aromatic rings. The van der Waals surface area contributed by atoms with E-state index < -0.39 is 46.7 Å². The Morgan fingerprint density at radius 1 is 1.04 bits per heavy atom. The molecule has 55 heavy (non-hydrogen) atoms. The van der Waals surface area contributed by atoms with Gasteiger partial charge in [-0.05, 0) is 87.0 Å². The molecule has 2 fully saturated rings. The zero-order chi connectivity index (χ0) is 40.3. The van der Waals surface area contributed by atoms with Crippen molar-refractivity contribution in [2.24, 2.45) is 23.7 Å². The van der Waals surface area contributed by atoms with Crippen LogP contribution in [0.1, 0.15) is 108 Å². The highest BCUT2D eigenvalue weighted by Gasteiger charge is 2.40. The zero-order valence-electron chi connectivity index (χ0n) is 32.8. The van der Waals surface area contributed by atoms with E-state index in [1.54, 1.807) is 19.9 Å². The molecule has 4 rings (SSSR count). The largest absolute Gasteiger partial charge is 0.481 e. The van der Waals surface area contributed by atoms with Crippen molar-refractivity contribution in [1.29, 1.82) is 5.41 Å². The van der Waals surface area contributed by atoms with Crippen molar-refractivity contribution in [3.63, 3.8) is 0 Å². The van der Waals surface area contributed by atoms with Crippen LogP contribution in [0.5, 0.6) is 5.88 Å². The molecule has 1 aromatic carbocycles. The number of rotatable bonds is 18. The minimum atomic E-state index is -3.85. The number of hydrogen-bond donors (Lipinski definition) is 2. The molecule has 1 aliphatic heterocycles. The Balaban J connectivity index is 1.50. The molecule has 1 amide bonds. The molecule has 2 aliphatic rings. The molecule has 2 heterocycles. The molecule has 300 valence electrons. The van der Waals surface area contributed by atoms with Crippen LogP contribution in [0, 0.1) is 34.9 Å². The van der Waals surface area contributed by atoms with Crippen LogP contribution in [-0.2, 0) is 31.5 Å². The number of likely N-dealkylation sites (tertiary alicyclic amines) is 1. The Bertz CT molecular complexity index is 1690. The number of halogens is 3. The summed E-state index contributed by atoms with van der Waals surface area (Å²) in [6.07, 6.45) is 10.0. The van der Waals surface area contributed by atoms with E-state index in [0.717, 1.165) is 76.4 Å². The molecule has 1 aliphatic carbocycles. The summed E-state index contributed by atoms with van der Waals surface area (Å²) in [6, 6.07) is 5.98. The molecule has 1 saturated carbocycles. The zero-order valence-corrected chi connectivity index (χ0v) is 32.8. The number of carbonyl (C=O) groups is 4. The van der Waals surface area contributed by atoms with Crippen molar-refractivity contribution in [3.8, 4) is 5.88 Å². The number of methoxy groups -OCH3 is 1. The summed E-state index contributed by atoms with van der Waals surface area (Å²) in [6.45, 7) is 7.11. The number of ketones is 3. The van der Waals surface area contributed by atoms with Crippen molar-refractivity contribution >= 4 is 29.0 Å². The highest BCUT2D eigenvalue weighted by molar-refractivity contribution is 6.39. The lowest BCUT2D eigenvalue weighted by atomic mass is 9.72. The van der Waals surface area contributed by atoms with E-state index in [4.69, 9.17) is 10.1 Å². The summed E-state index contributed by atoms with van der Waals surface area (Å²) < 4.78 is 50.7. The molecule has 12 heteroatoms. The van der Waals surface area contributed by atoms with E-state index >= 15 is 13.2 Å². The molecule has 0 spiro atoms. The number of carbonyl (C=O) groups excluding carboxylic acids is 4. The van der Waals surface area contributed by atoms with E-state index in [1.165, 1.54) is 31.4 Å². The number of allylic oxidation sites excluding steroid dienone is 2. The number of aromatic nitrogens is 1. The van der Waals surface area contributed by atoms with Gasteiger partial charge in [-0.2, -0.15) is 8.78 Å². The first-order chi connectivity index (χ1) is 26.2. The predicted molar refractivity (Wildman–Crippen MR) is 206 cm³/mol. The number of alkyl halides is 2. The van der Waals surface area contributed by atoms with E-state index in [1.807, 2.05) is 14.0 Å². The van der Waals surface area contributed by atoms with E-state index in [0.29, 0.717) is 12.0 Å². The summed E-state index contributed by atoms with van der Waals surface area (Å²) in [7, 11) is 3.37. The smallest absolute Gasteiger partial charge is 0.335 e. The van der Waals surface area contributed by atoms with Gasteiger partial charge in [0.15, 0.2) is 11.6 Å². The second kappa shape index (κ2) is 20.1. The second-order valence-electron chi connectivity index (χ2n) is 15.4. The number of benzene rings is 1. The van der Waals surface area contributed by atoms with Gasteiger partial charge in [-0.25, -0.2) is 9.37 Å². The van der Waals surface area contributed by atoms with Gasteiger partial charge < -0.3 is 20.4 Å². The van der Waals surface area contributed by atoms with Crippen LogP contribution >= 0.6 is 0 Å². The average molecular weight is 767 g/mol. The summed E-state index contributed by atoms with van der Waals surface area (Å²) >= 11 is 0. The van der Waals surface area contributed by atoms with E-state index in [-0.39, 0.29) is 65.9 Å². The fourth-order valence-corrected chi connectivity index (χ4v) is 7.98. The number of nitrogens with one attached hydrogen (secondary N) is 2. The van der Waals surface area contributed by atoms with Crippen molar-refractivity contribution in [2.45, 2.75) is 109 Å². The van der Waals surface area contributed by atoms with Gasteiger partial charge in [-0.15, -0.1) is 0 Å². The van der Waals surface area contributed by atoms with Crippen LogP contribution in [0.25, 0.3) is 0 Å². The summed E-state index contributed by atoms with van der Waals surface area (Å²) in [5.74, 6) is -8.18. The molecular formula is C43H57F3N4O5. The Morgan fingerprint density at radius 2 is 1.76 bits per heavy atom. The SMILES string of the molecule is CCC(=O)N[C@@H](C(=O)C1CCCN(C)CC1)[C@@H](C)c1ccc(CC(=N)C(=O)[C@@H](C/C=C/C(=O)C(F)(F)c2ccc(OC)nc2)[C@@H](C)C2CCCCC2)c(F)c1. The second-order valence-corrected chi connectivity index (χ2v) is 15.4. The molecule has 5 atom stereocenters. The third kappa shape index (κ3) is 11.4. The fourth-order valence-electron chi connectivity index (χ4n) is 7.98. The van der Waals surface area contributed by atoms with E-state index in [2.05, 4.69) is 15.2 Å². The molecule has 1 saturated heterocycles. The van der Waals surface area contributed by atoms with Gasteiger partial charge in [0.05, 0.1) is 18.9 Å². The first-order valence-electron chi connectivity index (χ1n) is 19.7. The van der Waals surface area contributed by atoms with Gasteiger partial charge in [0.2, 0.25) is 17.6 Å². The standard InChI is InChI=1S/C43H57F3N4O5/c1-6-38(52)49-40(41(53)30-14-11-22-50(4)23-21-30)28(3)31-17-18-32(35(44)24-31)25-36(47)42(54)34(27(2)29-12-8-7-9-13-29)15-10-16-37(51)43(45,46)33-19-20-39(55-5)48-26-33/h10,16-20,24,26-30,34,40,47H,6-9,11-15,21-23,25H2,1-5H3,(H,49,52)/b16-10+,47-36?/t27-,28-,30?,34-,40+/m0/s1. The Labute approximate surface area is 323 Å². The van der Waals surface area contributed by atoms with Gasteiger partial charge >= 0.3 is 5.92 Å². The minimum Gasteiger partial charge on any atom is -0.481 e. The molecular weight excluding hydrogens is 709 g/mol. The average Bonchev–Trinajstić information content (AvgIpc) is 3.42. The molecule has 0 radical (unpaired) electrons. The van der Waals surface area contributed by atoms with Crippen molar-refractivity contribution < 1.29 is 37.1 Å². The number of amides is 1. The Morgan fingerprint density at radius 3 is 2.40 bits per heavy atom. The number of hydrogen-bond acceptors (Lipinski definition) is 8. The van der Waals surface area contributed by atoms with Crippen LogP contribution in [0.3, 0.4) is 0 Å². The number of pyridine rings is 1. The van der Waals surface area contributed by atoms with Gasteiger partial charge in [-0.3, -0.25) is 19.2 Å². The number of nitrogens with zero attached hydrogens (tertiary/aromatic N) is 2. The first-order valence-corrected chi connectivity index (χ1v) is 19.7. The topological polar surface area (TPSA) is 130 Å². The number of Topliss-reactive ketones (excluding diaryl/α,β-unsaturated/α-hetero) is 2. The maximum atomic E-state index is 15.8. The third-order valence-electron chi connectivity index (χ3n) is 11.7. The lowest BCUT2D eigenvalue weighted by Crippen LogP contribution is -2.46. The Kier molecular flexibility index (Phi) is 15.9. The van der Waals surface area contributed by atoms with Gasteiger partial charge in [0.25, 0.3) is 0 Å². The van der Waals surface area contributed by atoms with Gasteiger partial charge in [0, 0.05) is 48.4 Å². The quantitative estimate of drug-likeness (QED) is 0.117. The molecule has 0 bridgehead atoms. The monoisotopic (exact) mass is 766 g/mol.